The van der Waals surface area contributed by atoms with Crippen LogP contribution >= 0.6 is 11.6 Å². The van der Waals surface area contributed by atoms with E-state index in [2.05, 4.69) is 5.32 Å². The van der Waals surface area contributed by atoms with E-state index in [9.17, 15) is 15.0 Å². The van der Waals surface area contributed by atoms with E-state index >= 15 is 0 Å². The summed E-state index contributed by atoms with van der Waals surface area (Å²) in [6.45, 7) is 1.07. The van der Waals surface area contributed by atoms with Crippen LogP contribution < -0.4 is 44.7 Å². The van der Waals surface area contributed by atoms with E-state index in [0.29, 0.717) is 24.5 Å². The standard InChI is InChI=1S/C21H24ClNO4.Na/c22-17-3-1-2-15(11-17)19(24)13-23-12-18-7-6-16-10-14(5-9-21(25)26)4-8-20(16)27-18;/h1-4,8,10-11,18-19,23-24H,5-7,9,12-13H2,(H,25,26);/q;+1/p-1/t18?,19-;/m0./s1. The molecule has 7 heteroatoms. The third-order valence-corrected chi connectivity index (χ3v) is 4.95. The number of hydrogen-bond acceptors (Lipinski definition) is 5. The minimum atomic E-state index is -1.03. The fraction of sp³-hybridized carbons (Fsp3) is 0.381. The number of carboxylic acids is 1. The number of aryl methyl sites for hydroxylation is 2. The average Bonchev–Trinajstić information content (AvgIpc) is 2.66. The number of aliphatic carboxylic acids is 1. The Labute approximate surface area is 192 Å². The number of nitrogens with one attached hydrogen (secondary N) is 1. The zero-order chi connectivity index (χ0) is 19.2. The molecule has 1 heterocycles. The van der Waals surface area contributed by atoms with Gasteiger partial charge in [0.15, 0.2) is 0 Å². The SMILES string of the molecule is O=C([O-])CCc1ccc2c(c1)CCC(CNC[C@H](O)c1cccc(Cl)c1)O2.[Na+]. The summed E-state index contributed by atoms with van der Waals surface area (Å²) in [4.78, 5) is 10.6. The number of aliphatic hydroxyl groups excluding tert-OH is 1. The number of carbonyl (C=O) groups is 1. The summed E-state index contributed by atoms with van der Waals surface area (Å²) in [5.74, 6) is -0.185. The number of fused-ring (bicyclic) bond motifs is 1. The maximum Gasteiger partial charge on any atom is 1.00 e. The summed E-state index contributed by atoms with van der Waals surface area (Å²) in [5, 5.41) is 24.7. The summed E-state index contributed by atoms with van der Waals surface area (Å²) in [6.07, 6.45) is 1.68. The molecule has 1 unspecified atom stereocenters. The molecule has 144 valence electrons. The first kappa shape index (κ1) is 23.2. The Morgan fingerprint density at radius 1 is 1.32 bits per heavy atom. The predicted octanol–water partition coefficient (Wildman–Crippen LogP) is -0.957. The number of halogens is 1. The van der Waals surface area contributed by atoms with Crippen molar-refractivity contribution < 1.29 is 49.3 Å². The molecule has 0 fully saturated rings. The molecule has 2 atom stereocenters. The second-order valence-electron chi connectivity index (χ2n) is 6.82. The van der Waals surface area contributed by atoms with Crippen molar-refractivity contribution in [2.75, 3.05) is 13.1 Å². The van der Waals surface area contributed by atoms with Crippen LogP contribution in [0.4, 0.5) is 0 Å². The third-order valence-electron chi connectivity index (χ3n) is 4.72. The third kappa shape index (κ3) is 6.76. The molecule has 0 spiro atoms. The number of carboxylic acid groups (broad SMARTS) is 1. The Morgan fingerprint density at radius 3 is 2.89 bits per heavy atom. The molecule has 3 rings (SSSR count). The number of aliphatic hydroxyl groups is 1. The van der Waals surface area contributed by atoms with E-state index in [4.69, 9.17) is 16.3 Å². The number of hydrogen-bond donors (Lipinski definition) is 2. The van der Waals surface area contributed by atoms with E-state index in [-0.39, 0.29) is 42.1 Å². The van der Waals surface area contributed by atoms with Crippen molar-refractivity contribution in [3.8, 4) is 5.75 Å². The van der Waals surface area contributed by atoms with Gasteiger partial charge in [-0.1, -0.05) is 35.9 Å². The number of benzene rings is 2. The van der Waals surface area contributed by atoms with Gasteiger partial charge in [0, 0.05) is 24.1 Å². The fourth-order valence-electron chi connectivity index (χ4n) is 3.26. The first-order chi connectivity index (χ1) is 13.0. The maximum atomic E-state index is 10.6. The van der Waals surface area contributed by atoms with Crippen LogP contribution in [0.25, 0.3) is 0 Å². The molecule has 1 aliphatic heterocycles. The van der Waals surface area contributed by atoms with Crippen LogP contribution in [-0.2, 0) is 17.6 Å². The van der Waals surface area contributed by atoms with Crippen LogP contribution in [0.1, 0.15) is 35.6 Å². The summed E-state index contributed by atoms with van der Waals surface area (Å²) >= 11 is 5.96. The van der Waals surface area contributed by atoms with Crippen molar-refractivity contribution >= 4 is 17.6 Å². The summed E-state index contributed by atoms with van der Waals surface area (Å²) in [5.41, 5.74) is 2.89. The fourth-order valence-corrected chi connectivity index (χ4v) is 3.46. The Morgan fingerprint density at radius 2 is 2.14 bits per heavy atom. The number of rotatable bonds is 8. The van der Waals surface area contributed by atoms with Gasteiger partial charge in [-0.25, -0.2) is 0 Å². The van der Waals surface area contributed by atoms with Crippen LogP contribution in [0.3, 0.4) is 0 Å². The van der Waals surface area contributed by atoms with Crippen LogP contribution in [0, 0.1) is 0 Å². The molecule has 5 nitrogen and oxygen atoms in total. The van der Waals surface area contributed by atoms with Crippen molar-refractivity contribution in [2.24, 2.45) is 0 Å². The zero-order valence-electron chi connectivity index (χ0n) is 16.0. The van der Waals surface area contributed by atoms with Gasteiger partial charge in [0.2, 0.25) is 0 Å². The topological polar surface area (TPSA) is 81.6 Å². The van der Waals surface area contributed by atoms with Crippen molar-refractivity contribution in [2.45, 2.75) is 37.9 Å². The molecule has 2 N–H and O–H groups in total. The van der Waals surface area contributed by atoms with Gasteiger partial charge in [0.05, 0.1) is 6.10 Å². The average molecular weight is 412 g/mol. The second-order valence-corrected chi connectivity index (χ2v) is 7.26. The minimum absolute atomic E-state index is 0. The molecule has 2 aromatic carbocycles. The van der Waals surface area contributed by atoms with Gasteiger partial charge < -0.3 is 25.1 Å². The molecule has 0 bridgehead atoms. The molecule has 28 heavy (non-hydrogen) atoms. The number of carbonyl (C=O) groups excluding carboxylic acids is 1. The largest absolute Gasteiger partial charge is 1.00 e. The molecule has 0 amide bonds. The molecule has 0 aliphatic carbocycles. The summed E-state index contributed by atoms with van der Waals surface area (Å²) < 4.78 is 6.03. The normalized spacial score (nSPS) is 16.4. The van der Waals surface area contributed by atoms with Gasteiger partial charge in [-0.3, -0.25) is 0 Å². The molecule has 0 saturated heterocycles. The van der Waals surface area contributed by atoms with Crippen molar-refractivity contribution in [3.63, 3.8) is 0 Å². The van der Waals surface area contributed by atoms with Gasteiger partial charge in [-0.2, -0.15) is 0 Å². The van der Waals surface area contributed by atoms with E-state index in [0.717, 1.165) is 35.3 Å². The summed E-state index contributed by atoms with van der Waals surface area (Å²) in [6, 6.07) is 13.0. The maximum absolute atomic E-state index is 10.6. The molecule has 0 radical (unpaired) electrons. The second kappa shape index (κ2) is 11.2. The molecule has 0 aromatic heterocycles. The van der Waals surface area contributed by atoms with Crippen molar-refractivity contribution in [3.05, 3.63) is 64.2 Å². The Bertz CT molecular complexity index is 802. The molecule has 2 aromatic rings. The molecular formula is C21H23ClNNaO4. The Kier molecular flexibility index (Phi) is 9.28. The van der Waals surface area contributed by atoms with Gasteiger partial charge >= 0.3 is 29.6 Å². The monoisotopic (exact) mass is 411 g/mol. The van der Waals surface area contributed by atoms with Gasteiger partial charge in [0.25, 0.3) is 0 Å². The Balaban J connectivity index is 0.00000280. The van der Waals surface area contributed by atoms with Gasteiger partial charge in [-0.15, -0.1) is 0 Å². The van der Waals surface area contributed by atoms with Crippen molar-refractivity contribution in [1.82, 2.24) is 5.32 Å². The Hall–Kier alpha value is -1.08. The predicted molar refractivity (Wildman–Crippen MR) is 102 cm³/mol. The smallest absolute Gasteiger partial charge is 0.550 e. The molecule has 1 aliphatic rings. The van der Waals surface area contributed by atoms with Crippen molar-refractivity contribution in [1.29, 1.82) is 0 Å². The van der Waals surface area contributed by atoms with Gasteiger partial charge in [0.1, 0.15) is 11.9 Å². The van der Waals surface area contributed by atoms with Crippen LogP contribution in [0.15, 0.2) is 42.5 Å². The van der Waals surface area contributed by atoms with Crippen LogP contribution in [0.2, 0.25) is 5.02 Å². The summed E-state index contributed by atoms with van der Waals surface area (Å²) in [7, 11) is 0. The van der Waals surface area contributed by atoms with Crippen LogP contribution in [0.5, 0.6) is 5.75 Å². The molecule has 0 saturated carbocycles. The minimum Gasteiger partial charge on any atom is -0.550 e. The quantitative estimate of drug-likeness (QED) is 0.547. The van der Waals surface area contributed by atoms with Crippen LogP contribution in [-0.4, -0.2) is 30.3 Å². The van der Waals surface area contributed by atoms with E-state index in [1.807, 2.05) is 30.3 Å². The van der Waals surface area contributed by atoms with E-state index < -0.39 is 12.1 Å². The molecular weight excluding hydrogens is 389 g/mol. The first-order valence-electron chi connectivity index (χ1n) is 9.14. The number of ether oxygens (including phenoxy) is 1. The van der Waals surface area contributed by atoms with E-state index in [1.165, 1.54) is 0 Å². The first-order valence-corrected chi connectivity index (χ1v) is 9.51. The zero-order valence-corrected chi connectivity index (χ0v) is 18.7. The van der Waals surface area contributed by atoms with Gasteiger partial charge in [-0.05, 0) is 60.6 Å². The van der Waals surface area contributed by atoms with E-state index in [1.54, 1.807) is 12.1 Å².